The van der Waals surface area contributed by atoms with E-state index in [1.165, 1.54) is 0 Å². The summed E-state index contributed by atoms with van der Waals surface area (Å²) in [5.41, 5.74) is 1.06. The largest absolute Gasteiger partial charge is 0.489 e. The molecule has 1 aliphatic heterocycles. The van der Waals surface area contributed by atoms with Gasteiger partial charge in [0.1, 0.15) is 12.4 Å². The number of likely N-dealkylation sites (N-methyl/N-ethyl adjacent to an activating group) is 1. The zero-order valence-electron chi connectivity index (χ0n) is 13.0. The van der Waals surface area contributed by atoms with E-state index in [2.05, 4.69) is 16.8 Å². The lowest BCUT2D eigenvalue weighted by molar-refractivity contribution is 0.0657. The first-order valence-electron chi connectivity index (χ1n) is 7.53. The number of hydrogen-bond acceptors (Lipinski definition) is 4. The minimum absolute atomic E-state index is 0.535. The first-order chi connectivity index (χ1) is 10.2. The van der Waals surface area contributed by atoms with Crippen molar-refractivity contribution in [3.05, 3.63) is 28.8 Å². The maximum absolute atomic E-state index is 6.11. The molecule has 1 aromatic rings. The number of hydrogen-bond donors (Lipinski definition) is 0. The smallest absolute Gasteiger partial charge is 0.140 e. The van der Waals surface area contributed by atoms with Crippen molar-refractivity contribution in [2.24, 2.45) is 0 Å². The average molecular weight is 313 g/mol. The van der Waals surface area contributed by atoms with Crippen molar-refractivity contribution in [3.63, 3.8) is 0 Å². The van der Waals surface area contributed by atoms with Gasteiger partial charge in [0.15, 0.2) is 0 Å². The molecule has 0 spiro atoms. The van der Waals surface area contributed by atoms with Crippen LogP contribution in [-0.4, -0.2) is 69.4 Å². The predicted octanol–water partition coefficient (Wildman–Crippen LogP) is 2.29. The number of para-hydroxylation sites is 1. The summed E-state index contributed by atoms with van der Waals surface area (Å²) in [6.45, 7) is 9.45. The molecule has 1 heterocycles. The van der Waals surface area contributed by atoms with Gasteiger partial charge in [0.05, 0.1) is 18.2 Å². The van der Waals surface area contributed by atoms with Gasteiger partial charge in [-0.3, -0.25) is 4.90 Å². The Hall–Kier alpha value is -0.810. The molecule has 0 saturated carbocycles. The van der Waals surface area contributed by atoms with Crippen LogP contribution in [0.15, 0.2) is 18.2 Å². The number of nitrogens with zero attached hydrogens (tertiary/aromatic N) is 2. The summed E-state index contributed by atoms with van der Waals surface area (Å²) in [6.07, 6.45) is 0. The highest BCUT2D eigenvalue weighted by atomic mass is 35.5. The summed E-state index contributed by atoms with van der Waals surface area (Å²) >= 11 is 6.11. The normalized spacial score (nSPS) is 17.1. The molecule has 0 radical (unpaired) electrons. The highest BCUT2D eigenvalue weighted by Gasteiger charge is 2.12. The van der Waals surface area contributed by atoms with E-state index in [9.17, 15) is 0 Å². The number of aryl methyl sites for hydroxylation is 1. The lowest BCUT2D eigenvalue weighted by Gasteiger charge is -2.32. The second kappa shape index (κ2) is 8.59. The maximum Gasteiger partial charge on any atom is 0.140 e. The highest BCUT2D eigenvalue weighted by molar-refractivity contribution is 6.32. The van der Waals surface area contributed by atoms with Crippen molar-refractivity contribution >= 4 is 11.6 Å². The first kappa shape index (κ1) is 16.6. The Bertz CT molecular complexity index is 414. The van der Waals surface area contributed by atoms with Gasteiger partial charge in [-0.15, -0.1) is 0 Å². The molecule has 1 aliphatic rings. The van der Waals surface area contributed by atoms with E-state index >= 15 is 0 Å². The molecule has 0 aliphatic carbocycles. The van der Waals surface area contributed by atoms with E-state index in [-0.39, 0.29) is 0 Å². The van der Waals surface area contributed by atoms with Crippen LogP contribution in [0.4, 0.5) is 0 Å². The van der Waals surface area contributed by atoms with E-state index in [1.54, 1.807) is 0 Å². The second-order valence-electron chi connectivity index (χ2n) is 5.49. The molecular weight excluding hydrogens is 288 g/mol. The van der Waals surface area contributed by atoms with Gasteiger partial charge in [-0.05, 0) is 25.6 Å². The molecule has 21 heavy (non-hydrogen) atoms. The molecule has 0 unspecified atom stereocenters. The molecule has 1 saturated heterocycles. The van der Waals surface area contributed by atoms with Crippen LogP contribution >= 0.6 is 11.6 Å². The van der Waals surface area contributed by atoms with Crippen molar-refractivity contribution in [3.8, 4) is 5.75 Å². The lowest BCUT2D eigenvalue weighted by atomic mass is 10.2. The van der Waals surface area contributed by atoms with Gasteiger partial charge in [-0.25, -0.2) is 0 Å². The van der Waals surface area contributed by atoms with Crippen molar-refractivity contribution in [2.45, 2.75) is 6.92 Å². The molecule has 2 rings (SSSR count). The summed E-state index contributed by atoms with van der Waals surface area (Å²) in [5.74, 6) is 0.766. The zero-order chi connectivity index (χ0) is 15.1. The Labute approximate surface area is 132 Å². The lowest BCUT2D eigenvalue weighted by Crippen LogP contribution is -2.45. The van der Waals surface area contributed by atoms with Crippen LogP contribution in [0, 0.1) is 6.92 Å². The number of halogens is 1. The third-order valence-corrected chi connectivity index (χ3v) is 4.08. The van der Waals surface area contributed by atoms with Crippen LogP contribution in [0.5, 0.6) is 5.75 Å². The van der Waals surface area contributed by atoms with E-state index in [1.807, 2.05) is 25.1 Å². The van der Waals surface area contributed by atoms with Crippen LogP contribution in [0.2, 0.25) is 5.02 Å². The summed E-state index contributed by atoms with van der Waals surface area (Å²) in [4.78, 5) is 4.80. The third-order valence-electron chi connectivity index (χ3n) is 3.79. The SMILES string of the molecule is Cc1cccc(Cl)c1OCCOCCN1CCN(C)CC1. The van der Waals surface area contributed by atoms with Crippen LogP contribution in [0.25, 0.3) is 0 Å². The Morgan fingerprint density at radius 1 is 1.10 bits per heavy atom. The molecule has 118 valence electrons. The van der Waals surface area contributed by atoms with Crippen molar-refractivity contribution < 1.29 is 9.47 Å². The number of benzene rings is 1. The second-order valence-corrected chi connectivity index (χ2v) is 5.90. The first-order valence-corrected chi connectivity index (χ1v) is 7.91. The van der Waals surface area contributed by atoms with E-state index in [0.29, 0.717) is 18.2 Å². The van der Waals surface area contributed by atoms with Gasteiger partial charge >= 0.3 is 0 Å². The molecule has 0 N–H and O–H groups in total. The van der Waals surface area contributed by atoms with E-state index in [4.69, 9.17) is 21.1 Å². The quantitative estimate of drug-likeness (QED) is 0.721. The van der Waals surface area contributed by atoms with Crippen LogP contribution in [-0.2, 0) is 4.74 Å². The topological polar surface area (TPSA) is 24.9 Å². The van der Waals surface area contributed by atoms with Crippen LogP contribution in [0.3, 0.4) is 0 Å². The molecule has 0 bridgehead atoms. The molecule has 5 heteroatoms. The fourth-order valence-corrected chi connectivity index (χ4v) is 2.65. The van der Waals surface area contributed by atoms with Gasteiger partial charge in [0, 0.05) is 32.7 Å². The van der Waals surface area contributed by atoms with E-state index < -0.39 is 0 Å². The molecule has 4 nitrogen and oxygen atoms in total. The van der Waals surface area contributed by atoms with E-state index in [0.717, 1.165) is 50.6 Å². The summed E-state index contributed by atoms with van der Waals surface area (Å²) < 4.78 is 11.3. The van der Waals surface area contributed by atoms with Gasteiger partial charge in [0.2, 0.25) is 0 Å². The highest BCUT2D eigenvalue weighted by Crippen LogP contribution is 2.27. The predicted molar refractivity (Wildman–Crippen MR) is 86.4 cm³/mol. The Morgan fingerprint density at radius 2 is 1.86 bits per heavy atom. The van der Waals surface area contributed by atoms with Crippen LogP contribution < -0.4 is 4.74 Å². The number of rotatable bonds is 7. The van der Waals surface area contributed by atoms with Gasteiger partial charge in [-0.2, -0.15) is 0 Å². The minimum Gasteiger partial charge on any atom is -0.489 e. The maximum atomic E-state index is 6.11. The van der Waals surface area contributed by atoms with Gasteiger partial charge in [0.25, 0.3) is 0 Å². The van der Waals surface area contributed by atoms with Gasteiger partial charge in [-0.1, -0.05) is 23.7 Å². The fraction of sp³-hybridized carbons (Fsp3) is 0.625. The summed E-state index contributed by atoms with van der Waals surface area (Å²) in [5, 5.41) is 0.660. The monoisotopic (exact) mass is 312 g/mol. The average Bonchev–Trinajstić information content (AvgIpc) is 2.47. The zero-order valence-corrected chi connectivity index (χ0v) is 13.7. The minimum atomic E-state index is 0.535. The number of piperazine rings is 1. The summed E-state index contributed by atoms with van der Waals surface area (Å²) in [6, 6.07) is 5.77. The molecule has 0 aromatic heterocycles. The molecule has 0 atom stereocenters. The summed E-state index contributed by atoms with van der Waals surface area (Å²) in [7, 11) is 2.17. The van der Waals surface area contributed by atoms with Crippen LogP contribution in [0.1, 0.15) is 5.56 Å². The standard InChI is InChI=1S/C16H25ClN2O2/c1-14-4-3-5-15(17)16(14)21-13-12-20-11-10-19-8-6-18(2)7-9-19/h3-5H,6-13H2,1-2H3. The molecule has 1 aromatic carbocycles. The Kier molecular flexibility index (Phi) is 6.77. The van der Waals surface area contributed by atoms with Gasteiger partial charge < -0.3 is 14.4 Å². The van der Waals surface area contributed by atoms with Crippen molar-refractivity contribution in [2.75, 3.05) is 59.6 Å². The van der Waals surface area contributed by atoms with Crippen molar-refractivity contribution in [1.82, 2.24) is 9.80 Å². The molecular formula is C16H25ClN2O2. The number of ether oxygens (including phenoxy) is 2. The Morgan fingerprint density at radius 3 is 2.57 bits per heavy atom. The third kappa shape index (κ3) is 5.47. The molecule has 1 fully saturated rings. The molecule has 0 amide bonds. The van der Waals surface area contributed by atoms with Crippen molar-refractivity contribution in [1.29, 1.82) is 0 Å². The Balaban J connectivity index is 1.56. The fourth-order valence-electron chi connectivity index (χ4n) is 2.37.